The first-order valence-electron chi connectivity index (χ1n) is 11.9. The van der Waals surface area contributed by atoms with E-state index in [1.165, 1.54) is 60.5 Å². The number of aryl methyl sites for hydroxylation is 1. The summed E-state index contributed by atoms with van der Waals surface area (Å²) >= 11 is 0. The summed E-state index contributed by atoms with van der Waals surface area (Å²) in [5, 5.41) is 5.30. The SMILES string of the molecule is Cc1cc(-c2ccccc2)cc(-c2c3ccccc3c(Cc3ccccc3)c3ccccc23)c1. The Kier molecular flexibility index (Phi) is 5.20. The minimum atomic E-state index is 0.922. The molecule has 0 aliphatic heterocycles. The third-order valence-corrected chi connectivity index (χ3v) is 6.74. The van der Waals surface area contributed by atoms with Gasteiger partial charge in [0, 0.05) is 0 Å². The van der Waals surface area contributed by atoms with Crippen molar-refractivity contribution in [3.8, 4) is 22.3 Å². The van der Waals surface area contributed by atoms with Crippen molar-refractivity contribution in [2.75, 3.05) is 0 Å². The van der Waals surface area contributed by atoms with Gasteiger partial charge in [-0.05, 0) is 79.9 Å². The van der Waals surface area contributed by atoms with Gasteiger partial charge in [-0.25, -0.2) is 0 Å². The summed E-state index contributed by atoms with van der Waals surface area (Å²) in [4.78, 5) is 0. The van der Waals surface area contributed by atoms with E-state index in [-0.39, 0.29) is 0 Å². The van der Waals surface area contributed by atoms with Crippen LogP contribution in [0.15, 0.2) is 127 Å². The molecule has 0 aliphatic rings. The maximum atomic E-state index is 2.35. The first kappa shape index (κ1) is 20.4. The molecule has 0 atom stereocenters. The van der Waals surface area contributed by atoms with Gasteiger partial charge >= 0.3 is 0 Å². The van der Waals surface area contributed by atoms with Crippen LogP contribution >= 0.6 is 0 Å². The Morgan fingerprint density at radius 1 is 0.441 bits per heavy atom. The zero-order valence-electron chi connectivity index (χ0n) is 19.3. The molecule has 0 heterocycles. The molecule has 0 fully saturated rings. The van der Waals surface area contributed by atoms with Crippen molar-refractivity contribution in [3.63, 3.8) is 0 Å². The second-order valence-electron chi connectivity index (χ2n) is 9.06. The van der Waals surface area contributed by atoms with Crippen molar-refractivity contribution in [1.82, 2.24) is 0 Å². The van der Waals surface area contributed by atoms with Crippen molar-refractivity contribution in [2.24, 2.45) is 0 Å². The van der Waals surface area contributed by atoms with E-state index in [1.807, 2.05) is 0 Å². The molecule has 34 heavy (non-hydrogen) atoms. The van der Waals surface area contributed by atoms with Crippen LogP contribution in [0.25, 0.3) is 43.8 Å². The summed E-state index contributed by atoms with van der Waals surface area (Å²) in [5.74, 6) is 0. The van der Waals surface area contributed by atoms with Crippen LogP contribution < -0.4 is 0 Å². The number of fused-ring (bicyclic) bond motifs is 2. The molecule has 0 unspecified atom stereocenters. The molecule has 0 saturated carbocycles. The second-order valence-corrected chi connectivity index (χ2v) is 9.06. The smallest absolute Gasteiger partial charge is 0.00134 e. The zero-order valence-corrected chi connectivity index (χ0v) is 19.3. The van der Waals surface area contributed by atoms with E-state index in [4.69, 9.17) is 0 Å². The Hall–Kier alpha value is -4.16. The first-order valence-corrected chi connectivity index (χ1v) is 11.9. The monoisotopic (exact) mass is 434 g/mol. The Morgan fingerprint density at radius 3 is 1.56 bits per heavy atom. The van der Waals surface area contributed by atoms with Crippen molar-refractivity contribution >= 4 is 21.5 Å². The summed E-state index contributed by atoms with van der Waals surface area (Å²) in [6, 6.07) is 46.3. The van der Waals surface area contributed by atoms with Gasteiger partial charge in [-0.2, -0.15) is 0 Å². The van der Waals surface area contributed by atoms with Gasteiger partial charge in [-0.3, -0.25) is 0 Å². The van der Waals surface area contributed by atoms with E-state index in [0.29, 0.717) is 0 Å². The van der Waals surface area contributed by atoms with Crippen molar-refractivity contribution in [2.45, 2.75) is 13.3 Å². The molecule has 0 radical (unpaired) electrons. The molecular formula is C34H26. The van der Waals surface area contributed by atoms with Crippen LogP contribution in [-0.4, -0.2) is 0 Å². The quantitative estimate of drug-likeness (QED) is 0.243. The average Bonchev–Trinajstić information content (AvgIpc) is 2.89. The summed E-state index contributed by atoms with van der Waals surface area (Å²) in [6.07, 6.45) is 0.922. The van der Waals surface area contributed by atoms with Gasteiger partial charge in [-0.1, -0.05) is 121 Å². The van der Waals surface area contributed by atoms with Crippen molar-refractivity contribution in [3.05, 3.63) is 144 Å². The van der Waals surface area contributed by atoms with E-state index in [2.05, 4.69) is 134 Å². The van der Waals surface area contributed by atoms with E-state index in [0.717, 1.165) is 6.42 Å². The van der Waals surface area contributed by atoms with Gasteiger partial charge in [0.05, 0.1) is 0 Å². The Morgan fingerprint density at radius 2 is 0.941 bits per heavy atom. The van der Waals surface area contributed by atoms with Crippen LogP contribution in [0.2, 0.25) is 0 Å². The van der Waals surface area contributed by atoms with Crippen LogP contribution in [-0.2, 0) is 6.42 Å². The van der Waals surface area contributed by atoms with Gasteiger partial charge in [-0.15, -0.1) is 0 Å². The summed E-state index contributed by atoms with van der Waals surface area (Å²) in [5.41, 5.74) is 9.13. The largest absolute Gasteiger partial charge is 0.0622 e. The molecule has 0 aromatic heterocycles. The summed E-state index contributed by atoms with van der Waals surface area (Å²) < 4.78 is 0. The lowest BCUT2D eigenvalue weighted by molar-refractivity contribution is 1.23. The molecule has 0 spiro atoms. The van der Waals surface area contributed by atoms with Gasteiger partial charge < -0.3 is 0 Å². The van der Waals surface area contributed by atoms with Crippen LogP contribution in [0.5, 0.6) is 0 Å². The Bertz CT molecular complexity index is 1550. The molecule has 6 aromatic carbocycles. The highest BCUT2D eigenvalue weighted by atomic mass is 14.2. The molecule has 0 nitrogen and oxygen atoms in total. The number of benzene rings is 6. The summed E-state index contributed by atoms with van der Waals surface area (Å²) in [7, 11) is 0. The highest BCUT2D eigenvalue weighted by Crippen LogP contribution is 2.41. The predicted octanol–water partition coefficient (Wildman–Crippen LogP) is 9.23. The van der Waals surface area contributed by atoms with E-state index in [1.54, 1.807) is 0 Å². The van der Waals surface area contributed by atoms with Gasteiger partial charge in [0.15, 0.2) is 0 Å². The molecular weight excluding hydrogens is 408 g/mol. The minimum absolute atomic E-state index is 0.922. The van der Waals surface area contributed by atoms with Gasteiger partial charge in [0.1, 0.15) is 0 Å². The van der Waals surface area contributed by atoms with E-state index >= 15 is 0 Å². The third kappa shape index (κ3) is 3.68. The highest BCUT2D eigenvalue weighted by Gasteiger charge is 2.16. The lowest BCUT2D eigenvalue weighted by atomic mass is 9.85. The first-order chi connectivity index (χ1) is 16.8. The lowest BCUT2D eigenvalue weighted by Crippen LogP contribution is -1.95. The van der Waals surface area contributed by atoms with Crippen LogP contribution in [0.3, 0.4) is 0 Å². The molecule has 0 aliphatic carbocycles. The third-order valence-electron chi connectivity index (χ3n) is 6.74. The molecule has 0 bridgehead atoms. The van der Waals surface area contributed by atoms with Crippen LogP contribution in [0.1, 0.15) is 16.7 Å². The summed E-state index contributed by atoms with van der Waals surface area (Å²) in [6.45, 7) is 2.20. The topological polar surface area (TPSA) is 0 Å². The van der Waals surface area contributed by atoms with Crippen LogP contribution in [0.4, 0.5) is 0 Å². The maximum absolute atomic E-state index is 2.35. The normalized spacial score (nSPS) is 11.2. The minimum Gasteiger partial charge on any atom is -0.0622 e. The fraction of sp³-hybridized carbons (Fsp3) is 0.0588. The van der Waals surface area contributed by atoms with E-state index in [9.17, 15) is 0 Å². The molecule has 162 valence electrons. The molecule has 0 N–H and O–H groups in total. The average molecular weight is 435 g/mol. The molecule has 6 rings (SSSR count). The zero-order chi connectivity index (χ0) is 22.9. The maximum Gasteiger partial charge on any atom is -0.00134 e. The number of hydrogen-bond acceptors (Lipinski definition) is 0. The standard InChI is InChI=1S/C34H26/c1-24-20-27(26-14-6-3-7-15-26)23-28(21-24)34-31-18-10-8-16-29(31)33(22-25-12-4-2-5-13-25)30-17-9-11-19-32(30)34/h2-21,23H,22H2,1H3. The highest BCUT2D eigenvalue weighted by molar-refractivity contribution is 6.15. The Labute approximate surface area is 201 Å². The second kappa shape index (κ2) is 8.65. The van der Waals surface area contributed by atoms with Crippen LogP contribution in [0, 0.1) is 6.92 Å². The molecule has 6 aromatic rings. The van der Waals surface area contributed by atoms with Gasteiger partial charge in [0.25, 0.3) is 0 Å². The lowest BCUT2D eigenvalue weighted by Gasteiger charge is -2.18. The molecule has 0 amide bonds. The number of rotatable bonds is 4. The van der Waals surface area contributed by atoms with Crippen molar-refractivity contribution in [1.29, 1.82) is 0 Å². The predicted molar refractivity (Wildman–Crippen MR) is 146 cm³/mol. The fourth-order valence-corrected chi connectivity index (χ4v) is 5.24. The number of hydrogen-bond donors (Lipinski definition) is 0. The van der Waals surface area contributed by atoms with E-state index < -0.39 is 0 Å². The van der Waals surface area contributed by atoms with Gasteiger partial charge in [0.2, 0.25) is 0 Å². The molecule has 0 saturated heterocycles. The Balaban J connectivity index is 1.66. The fourth-order valence-electron chi connectivity index (χ4n) is 5.24. The molecule has 0 heteroatoms. The van der Waals surface area contributed by atoms with Crippen molar-refractivity contribution < 1.29 is 0 Å².